The van der Waals surface area contributed by atoms with Gasteiger partial charge < -0.3 is 14.7 Å². The zero-order valence-corrected chi connectivity index (χ0v) is 14.9. The van der Waals surface area contributed by atoms with E-state index in [9.17, 15) is 14.7 Å². The number of ketones is 1. The number of methoxy groups -OCH3 is 1. The van der Waals surface area contributed by atoms with Gasteiger partial charge in [0.2, 0.25) is 5.78 Å². The van der Waals surface area contributed by atoms with Gasteiger partial charge in [0.25, 0.3) is 5.91 Å². The van der Waals surface area contributed by atoms with E-state index in [0.29, 0.717) is 17.2 Å². The van der Waals surface area contributed by atoms with Crippen LogP contribution in [0.25, 0.3) is 0 Å². The first-order valence-electron chi connectivity index (χ1n) is 8.04. The van der Waals surface area contributed by atoms with Gasteiger partial charge in [0.15, 0.2) is 5.76 Å². The average Bonchev–Trinajstić information content (AvgIpc) is 3.24. The molecule has 1 aromatic carbocycles. The monoisotopic (exact) mass is 357 g/mol. The summed E-state index contributed by atoms with van der Waals surface area (Å²) in [6, 6.07) is 10.1. The molecule has 0 spiro atoms. The Morgan fingerprint density at radius 3 is 2.76 bits per heavy atom. The summed E-state index contributed by atoms with van der Waals surface area (Å²) in [7, 11) is 1.56. The molecule has 25 heavy (non-hydrogen) atoms. The molecule has 1 N–H and O–H groups in total. The molecular formula is C19H19NO4S. The van der Waals surface area contributed by atoms with E-state index in [1.807, 2.05) is 19.1 Å². The molecule has 0 fully saturated rings. The number of carbonyl (C=O) groups excluding carboxylic acids is 2. The average molecular weight is 357 g/mol. The summed E-state index contributed by atoms with van der Waals surface area (Å²) in [5.41, 5.74) is 0.874. The summed E-state index contributed by atoms with van der Waals surface area (Å²) < 4.78 is 5.27. The molecule has 130 valence electrons. The molecule has 6 heteroatoms. The van der Waals surface area contributed by atoms with Crippen LogP contribution in [0.1, 0.15) is 34.6 Å². The van der Waals surface area contributed by atoms with Crippen LogP contribution in [0.3, 0.4) is 0 Å². The Labute approximate surface area is 150 Å². The van der Waals surface area contributed by atoms with Crippen molar-refractivity contribution in [3.63, 3.8) is 0 Å². The third-order valence-electron chi connectivity index (χ3n) is 4.17. The standard InChI is InChI=1S/C19H19NO4S/c1-3-9-20-16(12-6-4-7-13(11-12)24-2)15(18(22)19(20)23)17(21)14-8-5-10-25-14/h4-8,10-11,16,22H,3,9H2,1-2H3. The molecule has 1 unspecified atom stereocenters. The van der Waals surface area contributed by atoms with Gasteiger partial charge >= 0.3 is 0 Å². The van der Waals surface area contributed by atoms with Crippen molar-refractivity contribution in [1.82, 2.24) is 4.90 Å². The minimum Gasteiger partial charge on any atom is -0.503 e. The Hall–Kier alpha value is -2.60. The van der Waals surface area contributed by atoms with Crippen LogP contribution in [0.15, 0.2) is 53.1 Å². The number of rotatable bonds is 6. The maximum Gasteiger partial charge on any atom is 0.290 e. The first-order chi connectivity index (χ1) is 12.1. The van der Waals surface area contributed by atoms with Gasteiger partial charge in [-0.25, -0.2) is 0 Å². The molecule has 0 bridgehead atoms. The van der Waals surface area contributed by atoms with Crippen LogP contribution in [0, 0.1) is 0 Å². The number of hydrogen-bond acceptors (Lipinski definition) is 5. The third-order valence-corrected chi connectivity index (χ3v) is 5.04. The summed E-state index contributed by atoms with van der Waals surface area (Å²) in [4.78, 5) is 27.5. The highest BCUT2D eigenvalue weighted by Crippen LogP contribution is 2.40. The number of ether oxygens (including phenoxy) is 1. The second-order valence-corrected chi connectivity index (χ2v) is 6.69. The van der Waals surface area contributed by atoms with Crippen molar-refractivity contribution in [3.8, 4) is 5.75 Å². The fourth-order valence-electron chi connectivity index (χ4n) is 3.06. The summed E-state index contributed by atoms with van der Waals surface area (Å²) in [5.74, 6) is -0.641. The molecule has 2 heterocycles. The van der Waals surface area contributed by atoms with Gasteiger partial charge in [0.05, 0.1) is 23.6 Å². The van der Waals surface area contributed by atoms with Gasteiger partial charge in [-0.1, -0.05) is 25.1 Å². The number of amides is 1. The Bertz CT molecular complexity index is 826. The van der Waals surface area contributed by atoms with Crippen molar-refractivity contribution in [1.29, 1.82) is 0 Å². The lowest BCUT2D eigenvalue weighted by Gasteiger charge is -2.26. The Kier molecular flexibility index (Phi) is 4.90. The van der Waals surface area contributed by atoms with E-state index in [2.05, 4.69) is 0 Å². The molecule has 0 aliphatic carbocycles. The Morgan fingerprint density at radius 1 is 1.32 bits per heavy atom. The first kappa shape index (κ1) is 17.2. The molecule has 2 aromatic rings. The zero-order valence-electron chi connectivity index (χ0n) is 14.1. The lowest BCUT2D eigenvalue weighted by molar-refractivity contribution is -0.129. The molecule has 0 radical (unpaired) electrons. The summed E-state index contributed by atoms with van der Waals surface area (Å²) >= 11 is 1.29. The van der Waals surface area contributed by atoms with Gasteiger partial charge in [-0.3, -0.25) is 9.59 Å². The van der Waals surface area contributed by atoms with Crippen molar-refractivity contribution < 1.29 is 19.4 Å². The highest BCUT2D eigenvalue weighted by atomic mass is 32.1. The van der Waals surface area contributed by atoms with Gasteiger partial charge in [-0.2, -0.15) is 0 Å². The maximum atomic E-state index is 12.9. The fraction of sp³-hybridized carbons (Fsp3) is 0.263. The number of Topliss-reactive ketones (excluding diaryl/α,β-unsaturated/α-hetero) is 1. The number of benzene rings is 1. The van der Waals surface area contributed by atoms with Crippen molar-refractivity contribution in [3.05, 3.63) is 63.6 Å². The van der Waals surface area contributed by atoms with E-state index in [0.717, 1.165) is 12.0 Å². The first-order valence-corrected chi connectivity index (χ1v) is 8.92. The fourth-order valence-corrected chi connectivity index (χ4v) is 3.73. The predicted octanol–water partition coefficient (Wildman–Crippen LogP) is 3.75. The maximum absolute atomic E-state index is 12.9. The molecule has 1 amide bonds. The van der Waals surface area contributed by atoms with E-state index in [4.69, 9.17) is 4.74 Å². The van der Waals surface area contributed by atoms with Crippen molar-refractivity contribution >= 4 is 23.0 Å². The molecule has 3 rings (SSSR count). The van der Waals surface area contributed by atoms with E-state index < -0.39 is 17.7 Å². The number of nitrogens with zero attached hydrogens (tertiary/aromatic N) is 1. The number of aliphatic hydroxyl groups is 1. The second-order valence-electron chi connectivity index (χ2n) is 5.75. The number of thiophene rings is 1. The molecular weight excluding hydrogens is 338 g/mol. The second kappa shape index (κ2) is 7.11. The van der Waals surface area contributed by atoms with Gasteiger partial charge in [-0.05, 0) is 35.6 Å². The molecule has 0 saturated heterocycles. The number of aliphatic hydroxyl groups excluding tert-OH is 1. The van der Waals surface area contributed by atoms with Crippen LogP contribution in [0.4, 0.5) is 0 Å². The van der Waals surface area contributed by atoms with Gasteiger partial charge in [0.1, 0.15) is 5.75 Å². The lowest BCUT2D eigenvalue weighted by atomic mass is 9.95. The van der Waals surface area contributed by atoms with Crippen LogP contribution < -0.4 is 4.74 Å². The molecule has 1 atom stereocenters. The van der Waals surface area contributed by atoms with Gasteiger partial charge in [-0.15, -0.1) is 11.3 Å². The largest absolute Gasteiger partial charge is 0.503 e. The smallest absolute Gasteiger partial charge is 0.290 e. The van der Waals surface area contributed by atoms with Crippen LogP contribution in [0.5, 0.6) is 5.75 Å². The molecule has 1 aliphatic heterocycles. The normalized spacial score (nSPS) is 17.3. The Morgan fingerprint density at radius 2 is 2.12 bits per heavy atom. The molecule has 0 saturated carbocycles. The topological polar surface area (TPSA) is 66.8 Å². The SMILES string of the molecule is CCCN1C(=O)C(O)=C(C(=O)c2cccs2)C1c1cccc(OC)c1. The van der Waals surface area contributed by atoms with E-state index in [-0.39, 0.29) is 11.4 Å². The number of carbonyl (C=O) groups is 2. The Balaban J connectivity index is 2.11. The van der Waals surface area contributed by atoms with Crippen molar-refractivity contribution in [2.75, 3.05) is 13.7 Å². The highest BCUT2D eigenvalue weighted by Gasteiger charge is 2.43. The predicted molar refractivity (Wildman–Crippen MR) is 96.0 cm³/mol. The van der Waals surface area contributed by atoms with E-state index in [1.54, 1.807) is 41.7 Å². The van der Waals surface area contributed by atoms with Crippen LogP contribution in [0.2, 0.25) is 0 Å². The van der Waals surface area contributed by atoms with Gasteiger partial charge in [0, 0.05) is 6.54 Å². The van der Waals surface area contributed by atoms with Crippen LogP contribution in [-0.2, 0) is 4.79 Å². The summed E-state index contributed by atoms with van der Waals surface area (Å²) in [5, 5.41) is 12.2. The van der Waals surface area contributed by atoms with Crippen molar-refractivity contribution in [2.45, 2.75) is 19.4 Å². The number of hydrogen-bond donors (Lipinski definition) is 1. The van der Waals surface area contributed by atoms with Crippen molar-refractivity contribution in [2.24, 2.45) is 0 Å². The third kappa shape index (κ3) is 3.05. The van der Waals surface area contributed by atoms with Crippen LogP contribution >= 0.6 is 11.3 Å². The van der Waals surface area contributed by atoms with E-state index >= 15 is 0 Å². The van der Waals surface area contributed by atoms with E-state index in [1.165, 1.54) is 11.3 Å². The zero-order chi connectivity index (χ0) is 18.0. The molecule has 1 aliphatic rings. The lowest BCUT2D eigenvalue weighted by Crippen LogP contribution is -2.31. The molecule has 5 nitrogen and oxygen atoms in total. The quantitative estimate of drug-likeness (QED) is 0.800. The summed E-state index contributed by atoms with van der Waals surface area (Å²) in [6.07, 6.45) is 0.722. The minimum atomic E-state index is -0.614. The molecule has 1 aromatic heterocycles. The highest BCUT2D eigenvalue weighted by molar-refractivity contribution is 7.12. The van der Waals surface area contributed by atoms with Crippen LogP contribution in [-0.4, -0.2) is 35.4 Å². The summed E-state index contributed by atoms with van der Waals surface area (Å²) in [6.45, 7) is 2.40. The minimum absolute atomic E-state index is 0.133.